The number of hydrogen-bond donors (Lipinski definition) is 1. The topological polar surface area (TPSA) is 60.5 Å². The van der Waals surface area contributed by atoms with Crippen molar-refractivity contribution in [2.24, 2.45) is 0 Å². The normalized spacial score (nSPS) is 10.2. The smallest absolute Gasteiger partial charge is 0.255 e. The van der Waals surface area contributed by atoms with Gasteiger partial charge in [0.05, 0.1) is 19.0 Å². The van der Waals surface area contributed by atoms with Gasteiger partial charge < -0.3 is 14.8 Å². The third-order valence-corrected chi connectivity index (χ3v) is 3.57. The standard InChI is InChI=1S/C20H18N2O3/c1-14-6-9-17(10-7-14)25-19-11-8-16(13-21-19)22-20(23)15-4-3-5-18(12-15)24-2/h3-13H,1-2H3,(H,22,23). The lowest BCUT2D eigenvalue weighted by Gasteiger charge is -2.08. The van der Waals surface area contributed by atoms with E-state index in [-0.39, 0.29) is 5.91 Å². The van der Waals surface area contributed by atoms with E-state index in [0.29, 0.717) is 28.6 Å². The lowest BCUT2D eigenvalue weighted by Crippen LogP contribution is -2.12. The molecule has 3 rings (SSSR count). The zero-order valence-electron chi connectivity index (χ0n) is 14.0. The fourth-order valence-corrected chi connectivity index (χ4v) is 2.21. The van der Waals surface area contributed by atoms with E-state index < -0.39 is 0 Å². The number of anilines is 1. The molecule has 0 saturated heterocycles. The summed E-state index contributed by atoms with van der Waals surface area (Å²) in [4.78, 5) is 16.5. The molecule has 5 heteroatoms. The monoisotopic (exact) mass is 334 g/mol. The minimum absolute atomic E-state index is 0.229. The molecule has 0 unspecified atom stereocenters. The molecule has 126 valence electrons. The number of pyridine rings is 1. The summed E-state index contributed by atoms with van der Waals surface area (Å²) in [5.74, 6) is 1.58. The van der Waals surface area contributed by atoms with Gasteiger partial charge in [-0.3, -0.25) is 4.79 Å². The van der Waals surface area contributed by atoms with Crippen LogP contribution in [0.2, 0.25) is 0 Å². The van der Waals surface area contributed by atoms with E-state index in [1.165, 1.54) is 0 Å². The second kappa shape index (κ2) is 7.49. The van der Waals surface area contributed by atoms with Crippen LogP contribution in [0.1, 0.15) is 15.9 Å². The van der Waals surface area contributed by atoms with Gasteiger partial charge in [-0.2, -0.15) is 0 Å². The van der Waals surface area contributed by atoms with Gasteiger partial charge in [-0.1, -0.05) is 23.8 Å². The van der Waals surface area contributed by atoms with Gasteiger partial charge in [0.1, 0.15) is 11.5 Å². The van der Waals surface area contributed by atoms with Gasteiger partial charge in [0.15, 0.2) is 0 Å². The van der Waals surface area contributed by atoms with Gasteiger partial charge >= 0.3 is 0 Å². The van der Waals surface area contributed by atoms with E-state index in [1.54, 1.807) is 49.7 Å². The Balaban J connectivity index is 1.65. The van der Waals surface area contributed by atoms with Crippen LogP contribution < -0.4 is 14.8 Å². The molecule has 0 aliphatic carbocycles. The van der Waals surface area contributed by atoms with Gasteiger partial charge in [0, 0.05) is 11.6 Å². The predicted octanol–water partition coefficient (Wildman–Crippen LogP) is 4.44. The maximum Gasteiger partial charge on any atom is 0.255 e. The summed E-state index contributed by atoms with van der Waals surface area (Å²) in [6, 6.07) is 18.1. The Morgan fingerprint density at radius 2 is 1.80 bits per heavy atom. The molecule has 0 aliphatic rings. The van der Waals surface area contributed by atoms with Crippen LogP contribution in [0.15, 0.2) is 66.9 Å². The van der Waals surface area contributed by atoms with Crippen molar-refractivity contribution in [3.05, 3.63) is 78.0 Å². The minimum Gasteiger partial charge on any atom is -0.497 e. The van der Waals surface area contributed by atoms with Crippen molar-refractivity contribution in [2.75, 3.05) is 12.4 Å². The molecule has 0 aliphatic heterocycles. The molecule has 0 fully saturated rings. The molecule has 0 radical (unpaired) electrons. The number of amides is 1. The van der Waals surface area contributed by atoms with Crippen molar-refractivity contribution in [2.45, 2.75) is 6.92 Å². The van der Waals surface area contributed by atoms with Crippen molar-refractivity contribution in [1.82, 2.24) is 4.98 Å². The number of nitrogens with one attached hydrogen (secondary N) is 1. The first-order valence-corrected chi connectivity index (χ1v) is 7.80. The highest BCUT2D eigenvalue weighted by Crippen LogP contribution is 2.21. The van der Waals surface area contributed by atoms with Crippen LogP contribution >= 0.6 is 0 Å². The maximum absolute atomic E-state index is 12.3. The van der Waals surface area contributed by atoms with Crippen molar-refractivity contribution in [3.63, 3.8) is 0 Å². The molecule has 1 N–H and O–H groups in total. The highest BCUT2D eigenvalue weighted by Gasteiger charge is 2.08. The second-order valence-corrected chi connectivity index (χ2v) is 5.49. The number of benzene rings is 2. The average molecular weight is 334 g/mol. The fourth-order valence-electron chi connectivity index (χ4n) is 2.21. The summed E-state index contributed by atoms with van der Waals surface area (Å²) in [5.41, 5.74) is 2.26. The molecule has 2 aromatic carbocycles. The second-order valence-electron chi connectivity index (χ2n) is 5.49. The Hall–Kier alpha value is -3.34. The number of rotatable bonds is 5. The first-order chi connectivity index (χ1) is 12.1. The molecule has 1 aromatic heterocycles. The number of methoxy groups -OCH3 is 1. The van der Waals surface area contributed by atoms with Crippen LogP contribution in [0, 0.1) is 6.92 Å². The lowest BCUT2D eigenvalue weighted by molar-refractivity contribution is 0.102. The average Bonchev–Trinajstić information content (AvgIpc) is 2.65. The minimum atomic E-state index is -0.229. The van der Waals surface area contributed by atoms with Gasteiger partial charge in [0.2, 0.25) is 5.88 Å². The van der Waals surface area contributed by atoms with Gasteiger partial charge in [-0.25, -0.2) is 4.98 Å². The summed E-state index contributed by atoms with van der Waals surface area (Å²) in [5, 5.41) is 2.80. The molecule has 0 bridgehead atoms. The van der Waals surface area contributed by atoms with Crippen LogP contribution in [0.5, 0.6) is 17.4 Å². The molecule has 0 spiro atoms. The molecule has 5 nitrogen and oxygen atoms in total. The Labute approximate surface area is 146 Å². The van der Waals surface area contributed by atoms with Crippen LogP contribution in [0.4, 0.5) is 5.69 Å². The third kappa shape index (κ3) is 4.35. The Morgan fingerprint density at radius 1 is 1.00 bits per heavy atom. The van der Waals surface area contributed by atoms with Crippen LogP contribution in [0.3, 0.4) is 0 Å². The highest BCUT2D eigenvalue weighted by molar-refractivity contribution is 6.04. The van der Waals surface area contributed by atoms with Crippen molar-refractivity contribution >= 4 is 11.6 Å². The number of carbonyl (C=O) groups excluding carboxylic acids is 1. The first kappa shape index (κ1) is 16.5. The zero-order chi connectivity index (χ0) is 17.6. The maximum atomic E-state index is 12.3. The predicted molar refractivity (Wildman–Crippen MR) is 96.4 cm³/mol. The van der Waals surface area contributed by atoms with Gasteiger partial charge in [-0.15, -0.1) is 0 Å². The number of aromatic nitrogens is 1. The van der Waals surface area contributed by atoms with Crippen LogP contribution in [-0.2, 0) is 0 Å². The number of aryl methyl sites for hydroxylation is 1. The van der Waals surface area contributed by atoms with E-state index in [1.807, 2.05) is 31.2 Å². The number of ether oxygens (including phenoxy) is 2. The fraction of sp³-hybridized carbons (Fsp3) is 0.100. The molecule has 0 atom stereocenters. The zero-order valence-corrected chi connectivity index (χ0v) is 14.0. The SMILES string of the molecule is COc1cccc(C(=O)Nc2ccc(Oc3ccc(C)cc3)nc2)c1. The highest BCUT2D eigenvalue weighted by atomic mass is 16.5. The number of hydrogen-bond acceptors (Lipinski definition) is 4. The number of carbonyl (C=O) groups is 1. The molecule has 1 heterocycles. The molecule has 3 aromatic rings. The lowest BCUT2D eigenvalue weighted by atomic mass is 10.2. The van der Waals surface area contributed by atoms with Crippen molar-refractivity contribution < 1.29 is 14.3 Å². The molecule has 25 heavy (non-hydrogen) atoms. The van der Waals surface area contributed by atoms with Crippen LogP contribution in [0.25, 0.3) is 0 Å². The van der Waals surface area contributed by atoms with E-state index in [9.17, 15) is 4.79 Å². The summed E-state index contributed by atoms with van der Waals surface area (Å²) >= 11 is 0. The van der Waals surface area contributed by atoms with E-state index in [0.717, 1.165) is 5.56 Å². The largest absolute Gasteiger partial charge is 0.497 e. The summed E-state index contributed by atoms with van der Waals surface area (Å²) in [6.45, 7) is 2.02. The van der Waals surface area contributed by atoms with E-state index in [4.69, 9.17) is 9.47 Å². The quantitative estimate of drug-likeness (QED) is 0.749. The molecule has 0 saturated carbocycles. The molecular weight excluding hydrogens is 316 g/mol. The number of nitrogens with zero attached hydrogens (tertiary/aromatic N) is 1. The molecule has 1 amide bonds. The van der Waals surface area contributed by atoms with Crippen molar-refractivity contribution in [1.29, 1.82) is 0 Å². The third-order valence-electron chi connectivity index (χ3n) is 3.57. The molecular formula is C20H18N2O3. The van der Waals surface area contributed by atoms with Crippen LogP contribution in [-0.4, -0.2) is 18.0 Å². The Kier molecular flexibility index (Phi) is 4.95. The van der Waals surface area contributed by atoms with E-state index in [2.05, 4.69) is 10.3 Å². The van der Waals surface area contributed by atoms with Gasteiger partial charge in [-0.05, 0) is 43.3 Å². The van der Waals surface area contributed by atoms with Crippen molar-refractivity contribution in [3.8, 4) is 17.4 Å². The summed E-state index contributed by atoms with van der Waals surface area (Å²) < 4.78 is 10.8. The Bertz CT molecular complexity index is 859. The Morgan fingerprint density at radius 3 is 2.48 bits per heavy atom. The first-order valence-electron chi connectivity index (χ1n) is 7.80. The van der Waals surface area contributed by atoms with Gasteiger partial charge in [0.25, 0.3) is 5.91 Å². The summed E-state index contributed by atoms with van der Waals surface area (Å²) in [6.07, 6.45) is 1.56. The van der Waals surface area contributed by atoms with E-state index >= 15 is 0 Å². The summed E-state index contributed by atoms with van der Waals surface area (Å²) in [7, 11) is 1.56.